The average molecular weight is 359 g/mol. The molecule has 1 aliphatic rings. The third kappa shape index (κ3) is 5.55. The first-order chi connectivity index (χ1) is 12.2. The van der Waals surface area contributed by atoms with E-state index < -0.39 is 0 Å². The van der Waals surface area contributed by atoms with E-state index in [4.69, 9.17) is 16.3 Å². The van der Waals surface area contributed by atoms with Gasteiger partial charge in [-0.3, -0.25) is 0 Å². The van der Waals surface area contributed by atoms with Crippen LogP contribution in [0.4, 0.5) is 0 Å². The van der Waals surface area contributed by atoms with Gasteiger partial charge in [-0.2, -0.15) is 0 Å². The summed E-state index contributed by atoms with van der Waals surface area (Å²) in [4.78, 5) is 2.49. The Labute approximate surface area is 155 Å². The van der Waals surface area contributed by atoms with E-state index in [1.807, 2.05) is 12.1 Å². The van der Waals surface area contributed by atoms with Gasteiger partial charge < -0.3 is 15.0 Å². The third-order valence-corrected chi connectivity index (χ3v) is 5.18. The molecule has 4 heteroatoms. The summed E-state index contributed by atoms with van der Waals surface area (Å²) in [7, 11) is 1.77. The highest BCUT2D eigenvalue weighted by molar-refractivity contribution is 6.30. The van der Waals surface area contributed by atoms with Gasteiger partial charge >= 0.3 is 0 Å². The van der Waals surface area contributed by atoms with Crippen LogP contribution in [0.1, 0.15) is 18.4 Å². The lowest BCUT2D eigenvalue weighted by atomic mass is 10.0. The standard InChI is InChI=1S/C21H27ClN2O/c1-25-15-14-24-12-10-21(11-13-24)23-16-17-2-4-18(5-3-17)19-6-8-20(22)9-7-19/h2-9,21,23H,10-16H2,1H3. The summed E-state index contributed by atoms with van der Waals surface area (Å²) < 4.78 is 5.16. The van der Waals surface area contributed by atoms with Gasteiger partial charge in [0.05, 0.1) is 6.61 Å². The minimum Gasteiger partial charge on any atom is -0.383 e. The largest absolute Gasteiger partial charge is 0.383 e. The van der Waals surface area contributed by atoms with E-state index in [9.17, 15) is 0 Å². The summed E-state index contributed by atoms with van der Waals surface area (Å²) in [5, 5.41) is 4.48. The van der Waals surface area contributed by atoms with Crippen molar-refractivity contribution in [2.75, 3.05) is 33.4 Å². The summed E-state index contributed by atoms with van der Waals surface area (Å²) in [5.41, 5.74) is 3.76. The molecule has 0 aromatic heterocycles. The maximum Gasteiger partial charge on any atom is 0.0589 e. The number of likely N-dealkylation sites (tertiary alicyclic amines) is 1. The number of hydrogen-bond donors (Lipinski definition) is 1. The Morgan fingerprint density at radius 2 is 1.60 bits per heavy atom. The second-order valence-corrected chi connectivity index (χ2v) is 7.13. The maximum atomic E-state index is 5.96. The van der Waals surface area contributed by atoms with Gasteiger partial charge in [0.25, 0.3) is 0 Å². The monoisotopic (exact) mass is 358 g/mol. The van der Waals surface area contributed by atoms with Crippen LogP contribution >= 0.6 is 11.6 Å². The van der Waals surface area contributed by atoms with Crippen molar-refractivity contribution < 1.29 is 4.74 Å². The molecule has 1 N–H and O–H groups in total. The van der Waals surface area contributed by atoms with Gasteiger partial charge in [0, 0.05) is 31.3 Å². The van der Waals surface area contributed by atoms with Crippen LogP contribution in [0.15, 0.2) is 48.5 Å². The number of piperidine rings is 1. The van der Waals surface area contributed by atoms with Crippen molar-refractivity contribution in [1.82, 2.24) is 10.2 Å². The Morgan fingerprint density at radius 1 is 1.00 bits per heavy atom. The molecule has 0 radical (unpaired) electrons. The van der Waals surface area contributed by atoms with Gasteiger partial charge in [0.1, 0.15) is 0 Å². The molecular formula is C21H27ClN2O. The molecule has 3 rings (SSSR count). The van der Waals surface area contributed by atoms with Gasteiger partial charge in [-0.1, -0.05) is 48.0 Å². The Bertz CT molecular complexity index is 634. The number of methoxy groups -OCH3 is 1. The molecular weight excluding hydrogens is 332 g/mol. The minimum atomic E-state index is 0.620. The van der Waals surface area contributed by atoms with Gasteiger partial charge in [-0.05, 0) is 54.8 Å². The lowest BCUT2D eigenvalue weighted by Crippen LogP contribution is -2.43. The van der Waals surface area contributed by atoms with Crippen molar-refractivity contribution in [3.05, 3.63) is 59.1 Å². The van der Waals surface area contributed by atoms with Crippen LogP contribution in [-0.2, 0) is 11.3 Å². The molecule has 0 unspecified atom stereocenters. The normalized spacial score (nSPS) is 16.2. The summed E-state index contributed by atoms with van der Waals surface area (Å²) >= 11 is 5.96. The van der Waals surface area contributed by atoms with E-state index in [2.05, 4.69) is 46.6 Å². The van der Waals surface area contributed by atoms with Crippen LogP contribution in [0.2, 0.25) is 5.02 Å². The van der Waals surface area contributed by atoms with Crippen LogP contribution in [-0.4, -0.2) is 44.3 Å². The van der Waals surface area contributed by atoms with E-state index in [1.54, 1.807) is 7.11 Å². The van der Waals surface area contributed by atoms with Crippen LogP contribution in [0.5, 0.6) is 0 Å². The predicted molar refractivity (Wildman–Crippen MR) is 105 cm³/mol. The second kappa shape index (κ2) is 9.35. The summed E-state index contributed by atoms with van der Waals surface area (Å²) in [5.74, 6) is 0. The summed E-state index contributed by atoms with van der Waals surface area (Å²) in [6.07, 6.45) is 2.43. The fourth-order valence-electron chi connectivity index (χ4n) is 3.30. The first-order valence-electron chi connectivity index (χ1n) is 9.04. The van der Waals surface area contributed by atoms with Crippen LogP contribution < -0.4 is 5.32 Å². The molecule has 0 saturated carbocycles. The maximum absolute atomic E-state index is 5.96. The van der Waals surface area contributed by atoms with Gasteiger partial charge in [0.2, 0.25) is 0 Å². The fourth-order valence-corrected chi connectivity index (χ4v) is 3.43. The van der Waals surface area contributed by atoms with Crippen molar-refractivity contribution in [2.45, 2.75) is 25.4 Å². The molecule has 1 fully saturated rings. The van der Waals surface area contributed by atoms with E-state index in [0.29, 0.717) is 6.04 Å². The molecule has 2 aromatic rings. The number of nitrogens with one attached hydrogen (secondary N) is 1. The topological polar surface area (TPSA) is 24.5 Å². The van der Waals surface area contributed by atoms with Crippen molar-refractivity contribution in [3.8, 4) is 11.1 Å². The average Bonchev–Trinajstić information content (AvgIpc) is 2.67. The van der Waals surface area contributed by atoms with Crippen molar-refractivity contribution in [1.29, 1.82) is 0 Å². The molecule has 0 atom stereocenters. The zero-order chi connectivity index (χ0) is 17.5. The quantitative estimate of drug-likeness (QED) is 0.802. The zero-order valence-corrected chi connectivity index (χ0v) is 15.6. The molecule has 1 aliphatic heterocycles. The second-order valence-electron chi connectivity index (χ2n) is 6.69. The lowest BCUT2D eigenvalue weighted by molar-refractivity contribution is 0.126. The Balaban J connectivity index is 1.45. The highest BCUT2D eigenvalue weighted by atomic mass is 35.5. The number of ether oxygens (including phenoxy) is 1. The smallest absolute Gasteiger partial charge is 0.0589 e. The molecule has 25 heavy (non-hydrogen) atoms. The Kier molecular flexibility index (Phi) is 6.88. The van der Waals surface area contributed by atoms with Crippen molar-refractivity contribution in [2.24, 2.45) is 0 Å². The first kappa shape index (κ1) is 18.4. The summed E-state index contributed by atoms with van der Waals surface area (Å²) in [6.45, 7) is 5.14. The van der Waals surface area contributed by atoms with Gasteiger partial charge in [0.15, 0.2) is 0 Å². The van der Waals surface area contributed by atoms with Crippen molar-refractivity contribution in [3.63, 3.8) is 0 Å². The molecule has 0 bridgehead atoms. The predicted octanol–water partition coefficient (Wildman–Crippen LogP) is 4.21. The van der Waals surface area contributed by atoms with Crippen LogP contribution in [0, 0.1) is 0 Å². The molecule has 0 spiro atoms. The lowest BCUT2D eigenvalue weighted by Gasteiger charge is -2.32. The number of halogens is 1. The van der Waals surface area contributed by atoms with E-state index in [1.165, 1.54) is 29.5 Å². The molecule has 1 saturated heterocycles. The number of benzene rings is 2. The van der Waals surface area contributed by atoms with Gasteiger partial charge in [-0.25, -0.2) is 0 Å². The number of nitrogens with zero attached hydrogens (tertiary/aromatic N) is 1. The van der Waals surface area contributed by atoms with Crippen LogP contribution in [0.25, 0.3) is 11.1 Å². The number of hydrogen-bond acceptors (Lipinski definition) is 3. The molecule has 1 heterocycles. The first-order valence-corrected chi connectivity index (χ1v) is 9.42. The Hall–Kier alpha value is -1.39. The van der Waals surface area contributed by atoms with E-state index >= 15 is 0 Å². The molecule has 134 valence electrons. The summed E-state index contributed by atoms with van der Waals surface area (Å²) in [6, 6.07) is 17.4. The highest BCUT2D eigenvalue weighted by Crippen LogP contribution is 2.22. The molecule has 0 aliphatic carbocycles. The SMILES string of the molecule is COCCN1CCC(NCc2ccc(-c3ccc(Cl)cc3)cc2)CC1. The fraction of sp³-hybridized carbons (Fsp3) is 0.429. The van der Waals surface area contributed by atoms with Gasteiger partial charge in [-0.15, -0.1) is 0 Å². The number of rotatable bonds is 7. The zero-order valence-electron chi connectivity index (χ0n) is 14.9. The Morgan fingerprint density at radius 3 is 2.20 bits per heavy atom. The molecule has 2 aromatic carbocycles. The highest BCUT2D eigenvalue weighted by Gasteiger charge is 2.18. The van der Waals surface area contributed by atoms with Crippen molar-refractivity contribution >= 4 is 11.6 Å². The van der Waals surface area contributed by atoms with E-state index in [-0.39, 0.29) is 0 Å². The molecule has 3 nitrogen and oxygen atoms in total. The molecule has 0 amide bonds. The minimum absolute atomic E-state index is 0.620. The van der Waals surface area contributed by atoms with Crippen LogP contribution in [0.3, 0.4) is 0 Å². The third-order valence-electron chi connectivity index (χ3n) is 4.93. The van der Waals surface area contributed by atoms with E-state index in [0.717, 1.165) is 37.8 Å².